The van der Waals surface area contributed by atoms with E-state index in [9.17, 15) is 13.2 Å². The van der Waals surface area contributed by atoms with Gasteiger partial charge >= 0.3 is 6.18 Å². The van der Waals surface area contributed by atoms with Crippen LogP contribution < -0.4 is 4.90 Å². The highest BCUT2D eigenvalue weighted by Gasteiger charge is 2.35. The summed E-state index contributed by atoms with van der Waals surface area (Å²) in [6.45, 7) is 4.11. The van der Waals surface area contributed by atoms with E-state index in [1.807, 2.05) is 4.90 Å². The van der Waals surface area contributed by atoms with E-state index < -0.39 is 11.7 Å². The maximum absolute atomic E-state index is 13.0. The quantitative estimate of drug-likeness (QED) is 0.855. The third kappa shape index (κ3) is 3.70. The summed E-state index contributed by atoms with van der Waals surface area (Å²) in [6, 6.07) is 5.61. The minimum atomic E-state index is -4.51. The Balaban J connectivity index is 2.16. The van der Waals surface area contributed by atoms with Gasteiger partial charge in [0.25, 0.3) is 0 Å². The standard InChI is InChI=1S/C15H18F3N3O/c1-22-10-9-20-5-7-21(8-6-20)14-4-2-3-13(12(14)11-19)15(16,17)18/h2-4H,5-10H2,1H3. The average Bonchev–Trinajstić information content (AvgIpc) is 2.51. The van der Waals surface area contributed by atoms with E-state index in [-0.39, 0.29) is 5.56 Å². The normalized spacial score (nSPS) is 16.6. The molecule has 1 aromatic rings. The first-order valence-corrected chi connectivity index (χ1v) is 7.04. The van der Waals surface area contributed by atoms with Gasteiger partial charge in [0.1, 0.15) is 6.07 Å². The number of nitriles is 1. The zero-order valence-electron chi connectivity index (χ0n) is 12.4. The van der Waals surface area contributed by atoms with Gasteiger partial charge in [0.2, 0.25) is 0 Å². The molecular formula is C15H18F3N3O. The third-order valence-electron chi connectivity index (χ3n) is 3.78. The summed E-state index contributed by atoms with van der Waals surface area (Å²) in [5.74, 6) is 0. The van der Waals surface area contributed by atoms with Crippen molar-refractivity contribution in [1.29, 1.82) is 5.26 Å². The summed E-state index contributed by atoms with van der Waals surface area (Å²) >= 11 is 0. The maximum atomic E-state index is 13.0. The van der Waals surface area contributed by atoms with Crippen molar-refractivity contribution < 1.29 is 17.9 Å². The molecule has 0 spiro atoms. The molecule has 0 aromatic heterocycles. The highest BCUT2D eigenvalue weighted by atomic mass is 19.4. The molecule has 0 bridgehead atoms. The lowest BCUT2D eigenvalue weighted by Gasteiger charge is -2.36. The second-order valence-electron chi connectivity index (χ2n) is 5.13. The first-order valence-electron chi connectivity index (χ1n) is 7.04. The van der Waals surface area contributed by atoms with Crippen LogP contribution in [0.15, 0.2) is 18.2 Å². The number of hydrogen-bond donors (Lipinski definition) is 0. The summed E-state index contributed by atoms with van der Waals surface area (Å²) < 4.78 is 44.0. The molecule has 0 unspecified atom stereocenters. The average molecular weight is 313 g/mol. The number of benzene rings is 1. The van der Waals surface area contributed by atoms with E-state index in [4.69, 9.17) is 10.00 Å². The molecule has 1 aliphatic heterocycles. The van der Waals surface area contributed by atoms with E-state index in [1.54, 1.807) is 19.2 Å². The first kappa shape index (κ1) is 16.6. The fourth-order valence-corrected chi connectivity index (χ4v) is 2.59. The first-order chi connectivity index (χ1) is 10.5. The van der Waals surface area contributed by atoms with Crippen LogP contribution >= 0.6 is 0 Å². The molecule has 0 saturated carbocycles. The number of rotatable bonds is 4. The van der Waals surface area contributed by atoms with E-state index in [0.717, 1.165) is 25.7 Å². The Hall–Kier alpha value is -1.78. The SMILES string of the molecule is COCCN1CCN(c2cccc(C(F)(F)F)c2C#N)CC1. The predicted octanol–water partition coefficient (Wildman–Crippen LogP) is 2.35. The summed E-state index contributed by atoms with van der Waals surface area (Å²) in [6.07, 6.45) is -4.51. The van der Waals surface area contributed by atoms with Crippen molar-refractivity contribution >= 4 is 5.69 Å². The maximum Gasteiger partial charge on any atom is 0.417 e. The largest absolute Gasteiger partial charge is 0.417 e. The molecular weight excluding hydrogens is 295 g/mol. The number of ether oxygens (including phenoxy) is 1. The molecule has 120 valence electrons. The third-order valence-corrected chi connectivity index (χ3v) is 3.78. The molecule has 1 fully saturated rings. The van der Waals surface area contributed by atoms with Gasteiger partial charge in [-0.25, -0.2) is 0 Å². The van der Waals surface area contributed by atoms with Crippen LogP contribution in [0.2, 0.25) is 0 Å². The van der Waals surface area contributed by atoms with Gasteiger partial charge in [0.15, 0.2) is 0 Å². The van der Waals surface area contributed by atoms with Gasteiger partial charge in [-0.1, -0.05) is 6.07 Å². The van der Waals surface area contributed by atoms with E-state index >= 15 is 0 Å². The zero-order chi connectivity index (χ0) is 16.2. The molecule has 1 saturated heterocycles. The molecule has 0 amide bonds. The Bertz CT molecular complexity index is 546. The van der Waals surface area contributed by atoms with Crippen molar-refractivity contribution in [1.82, 2.24) is 4.90 Å². The topological polar surface area (TPSA) is 39.5 Å². The van der Waals surface area contributed by atoms with Crippen LogP contribution in [0.3, 0.4) is 0 Å². The van der Waals surface area contributed by atoms with Crippen LogP contribution in [0, 0.1) is 11.3 Å². The van der Waals surface area contributed by atoms with Crippen LogP contribution in [0.1, 0.15) is 11.1 Å². The van der Waals surface area contributed by atoms with Gasteiger partial charge in [-0.2, -0.15) is 18.4 Å². The van der Waals surface area contributed by atoms with Gasteiger partial charge in [-0.3, -0.25) is 4.90 Å². The van der Waals surface area contributed by atoms with Crippen LogP contribution in [-0.4, -0.2) is 51.3 Å². The minimum absolute atomic E-state index is 0.291. The fraction of sp³-hybridized carbons (Fsp3) is 0.533. The van der Waals surface area contributed by atoms with Crippen molar-refractivity contribution in [3.63, 3.8) is 0 Å². The molecule has 2 rings (SSSR count). The zero-order valence-corrected chi connectivity index (χ0v) is 12.4. The van der Waals surface area contributed by atoms with Gasteiger partial charge < -0.3 is 9.64 Å². The number of alkyl halides is 3. The summed E-state index contributed by atoms with van der Waals surface area (Å²) in [5, 5.41) is 9.16. The van der Waals surface area contributed by atoms with Crippen molar-refractivity contribution in [3.05, 3.63) is 29.3 Å². The van der Waals surface area contributed by atoms with Crippen LogP contribution in [0.25, 0.3) is 0 Å². The van der Waals surface area contributed by atoms with E-state index in [1.165, 1.54) is 6.07 Å². The Morgan fingerprint density at radius 2 is 1.91 bits per heavy atom. The smallest absolute Gasteiger partial charge is 0.383 e. The summed E-state index contributed by atoms with van der Waals surface area (Å²) in [4.78, 5) is 4.04. The molecule has 7 heteroatoms. The fourth-order valence-electron chi connectivity index (χ4n) is 2.59. The number of hydrogen-bond acceptors (Lipinski definition) is 4. The van der Waals surface area contributed by atoms with Crippen molar-refractivity contribution in [2.24, 2.45) is 0 Å². The second kappa shape index (κ2) is 6.99. The highest BCUT2D eigenvalue weighted by molar-refractivity contribution is 5.63. The highest BCUT2D eigenvalue weighted by Crippen LogP contribution is 2.36. The lowest BCUT2D eigenvalue weighted by molar-refractivity contribution is -0.137. The van der Waals surface area contributed by atoms with Crippen LogP contribution in [0.5, 0.6) is 0 Å². The Morgan fingerprint density at radius 1 is 1.23 bits per heavy atom. The molecule has 22 heavy (non-hydrogen) atoms. The molecule has 0 radical (unpaired) electrons. The molecule has 0 aliphatic carbocycles. The monoisotopic (exact) mass is 313 g/mol. The van der Waals surface area contributed by atoms with Gasteiger partial charge in [-0.05, 0) is 12.1 Å². The van der Waals surface area contributed by atoms with Crippen molar-refractivity contribution in [3.8, 4) is 6.07 Å². The van der Waals surface area contributed by atoms with Crippen LogP contribution in [-0.2, 0) is 10.9 Å². The lowest BCUT2D eigenvalue weighted by Crippen LogP contribution is -2.47. The molecule has 1 aliphatic rings. The van der Waals surface area contributed by atoms with Gasteiger partial charge in [0, 0.05) is 39.8 Å². The Labute approximate surface area is 127 Å². The number of halogens is 3. The molecule has 1 aromatic carbocycles. The Kier molecular flexibility index (Phi) is 5.27. The summed E-state index contributed by atoms with van der Waals surface area (Å²) in [5.41, 5.74) is -0.793. The molecule has 0 N–H and O–H groups in total. The minimum Gasteiger partial charge on any atom is -0.383 e. The molecule has 4 nitrogen and oxygen atoms in total. The second-order valence-corrected chi connectivity index (χ2v) is 5.13. The number of nitrogens with zero attached hydrogens (tertiary/aromatic N) is 3. The van der Waals surface area contributed by atoms with Crippen molar-refractivity contribution in [2.45, 2.75) is 6.18 Å². The van der Waals surface area contributed by atoms with E-state index in [0.29, 0.717) is 25.4 Å². The number of anilines is 1. The number of piperazine rings is 1. The predicted molar refractivity (Wildman–Crippen MR) is 76.7 cm³/mol. The van der Waals surface area contributed by atoms with E-state index in [2.05, 4.69) is 4.90 Å². The number of methoxy groups -OCH3 is 1. The summed E-state index contributed by atoms with van der Waals surface area (Å²) in [7, 11) is 1.64. The lowest BCUT2D eigenvalue weighted by atomic mass is 10.0. The molecule has 1 heterocycles. The van der Waals surface area contributed by atoms with Gasteiger partial charge in [-0.15, -0.1) is 0 Å². The molecule has 0 atom stereocenters. The Morgan fingerprint density at radius 3 is 2.45 bits per heavy atom. The van der Waals surface area contributed by atoms with Crippen LogP contribution in [0.4, 0.5) is 18.9 Å². The van der Waals surface area contributed by atoms with Gasteiger partial charge in [0.05, 0.1) is 23.4 Å². The van der Waals surface area contributed by atoms with Crippen molar-refractivity contribution in [2.75, 3.05) is 51.3 Å².